The molecule has 0 aliphatic heterocycles. The van der Waals surface area contributed by atoms with Gasteiger partial charge in [-0.2, -0.15) is 0 Å². The number of primary amides is 1. The average Bonchev–Trinajstić information content (AvgIpc) is 3.58. The zero-order valence-corrected chi connectivity index (χ0v) is 23.0. The Morgan fingerprint density at radius 2 is 1.74 bits per heavy atom. The maximum Gasteiger partial charge on any atom is 0.232 e. The van der Waals surface area contributed by atoms with E-state index in [0.717, 1.165) is 16.7 Å². The van der Waals surface area contributed by atoms with Crippen molar-refractivity contribution < 1.29 is 28.2 Å². The number of nitrogens with one attached hydrogen (secondary N) is 1. The second kappa shape index (κ2) is 11.3. The molecule has 0 bridgehead atoms. The molecule has 8 nitrogen and oxygen atoms in total. The molecule has 1 aliphatic rings. The number of aliphatic hydroxyl groups excluding tert-OH is 1. The predicted molar refractivity (Wildman–Crippen MR) is 158 cm³/mol. The van der Waals surface area contributed by atoms with E-state index >= 15 is 4.39 Å². The zero-order valence-electron chi connectivity index (χ0n) is 23.0. The van der Waals surface area contributed by atoms with Crippen LogP contribution < -0.4 is 15.4 Å². The number of hydrogen-bond donors (Lipinski definition) is 3. The van der Waals surface area contributed by atoms with Crippen molar-refractivity contribution in [3.8, 4) is 22.6 Å². The Morgan fingerprint density at radius 3 is 2.44 bits per heavy atom. The summed E-state index contributed by atoms with van der Waals surface area (Å²) in [6.45, 7) is -0.112. The van der Waals surface area contributed by atoms with Crippen LogP contribution in [-0.4, -0.2) is 26.9 Å². The van der Waals surface area contributed by atoms with Crippen LogP contribution in [-0.2, 0) is 16.2 Å². The molecule has 0 spiro atoms. The van der Waals surface area contributed by atoms with Crippen molar-refractivity contribution in [1.82, 2.24) is 9.97 Å². The largest absolute Gasteiger partial charge is 0.453 e. The lowest BCUT2D eigenvalue weighted by Crippen LogP contribution is -2.30. The van der Waals surface area contributed by atoms with E-state index in [4.69, 9.17) is 10.5 Å². The Morgan fingerprint density at radius 1 is 0.977 bits per heavy atom. The maximum absolute atomic E-state index is 15.7. The molecule has 0 unspecified atom stereocenters. The van der Waals surface area contributed by atoms with Crippen molar-refractivity contribution >= 4 is 34.2 Å². The number of nitrogens with zero attached hydrogens (tertiary/aromatic N) is 2. The molecule has 2 amide bonds. The highest BCUT2D eigenvalue weighted by Crippen LogP contribution is 2.52. The second-order valence-electron chi connectivity index (χ2n) is 10.8. The van der Waals surface area contributed by atoms with Crippen molar-refractivity contribution in [3.63, 3.8) is 0 Å². The number of hydrogen-bond acceptors (Lipinski definition) is 5. The number of pyridine rings is 1. The number of H-pyrrole nitrogens is 1. The fourth-order valence-electron chi connectivity index (χ4n) is 5.40. The minimum absolute atomic E-state index is 0.0376. The monoisotopic (exact) mass is 582 g/mol. The molecular weight excluding hydrogens is 554 g/mol. The summed E-state index contributed by atoms with van der Waals surface area (Å²) in [7, 11) is 0. The van der Waals surface area contributed by atoms with Crippen LogP contribution in [0.5, 0.6) is 11.5 Å². The van der Waals surface area contributed by atoms with E-state index in [9.17, 15) is 19.1 Å². The van der Waals surface area contributed by atoms with Gasteiger partial charge in [-0.1, -0.05) is 18.2 Å². The Kier molecular flexibility index (Phi) is 7.37. The van der Waals surface area contributed by atoms with Crippen LogP contribution in [0.2, 0.25) is 0 Å². The molecule has 3 aromatic carbocycles. The van der Waals surface area contributed by atoms with Gasteiger partial charge in [0.25, 0.3) is 0 Å². The Balaban J connectivity index is 1.33. The third kappa shape index (κ3) is 5.82. The van der Waals surface area contributed by atoms with Crippen LogP contribution in [0.25, 0.3) is 22.2 Å². The van der Waals surface area contributed by atoms with Gasteiger partial charge >= 0.3 is 0 Å². The molecule has 2 heterocycles. The third-order valence-corrected chi connectivity index (χ3v) is 7.72. The van der Waals surface area contributed by atoms with Crippen LogP contribution in [0.1, 0.15) is 31.2 Å². The van der Waals surface area contributed by atoms with Gasteiger partial charge in [0.05, 0.1) is 17.7 Å². The van der Waals surface area contributed by atoms with Gasteiger partial charge in [0, 0.05) is 42.6 Å². The number of benzene rings is 3. The van der Waals surface area contributed by atoms with Crippen LogP contribution >= 0.6 is 0 Å². The predicted octanol–water partition coefficient (Wildman–Crippen LogP) is 6.50. The van der Waals surface area contributed by atoms with E-state index in [0.29, 0.717) is 35.3 Å². The number of fused-ring (bicyclic) bond motifs is 1. The smallest absolute Gasteiger partial charge is 0.232 e. The van der Waals surface area contributed by atoms with Crippen molar-refractivity contribution in [1.29, 1.82) is 0 Å². The molecule has 0 atom stereocenters. The number of aromatic amines is 1. The molecule has 218 valence electrons. The fourth-order valence-corrected chi connectivity index (χ4v) is 5.40. The van der Waals surface area contributed by atoms with Crippen LogP contribution in [0.15, 0.2) is 85.2 Å². The van der Waals surface area contributed by atoms with Crippen molar-refractivity contribution in [2.75, 3.05) is 4.90 Å². The quantitative estimate of drug-likeness (QED) is 0.174. The SMILES string of the molecule is NC(=O)CC1(CC(=O)N(c2ccc(F)cc2)c2ccc(Oc3ccnc4[nH]cc(-c5cccc(CO)c5)c34)c(F)c2)CC1. The maximum atomic E-state index is 15.7. The van der Waals surface area contributed by atoms with Crippen LogP contribution in [0.3, 0.4) is 0 Å². The van der Waals surface area contributed by atoms with E-state index < -0.39 is 23.0 Å². The number of anilines is 2. The summed E-state index contributed by atoms with van der Waals surface area (Å²) in [5.41, 5.74) is 8.34. The number of nitrogens with two attached hydrogens (primary N) is 1. The Labute approximate surface area is 245 Å². The lowest BCUT2D eigenvalue weighted by molar-refractivity contribution is -0.121. The number of halogens is 2. The highest BCUT2D eigenvalue weighted by atomic mass is 19.1. The first-order chi connectivity index (χ1) is 20.7. The normalized spacial score (nSPS) is 13.6. The molecule has 1 aliphatic carbocycles. The van der Waals surface area contributed by atoms with Crippen LogP contribution in [0.4, 0.5) is 20.2 Å². The third-order valence-electron chi connectivity index (χ3n) is 7.72. The van der Waals surface area contributed by atoms with E-state index in [-0.39, 0.29) is 36.8 Å². The van der Waals surface area contributed by atoms with Gasteiger partial charge in [-0.15, -0.1) is 0 Å². The van der Waals surface area contributed by atoms with E-state index in [1.54, 1.807) is 24.5 Å². The molecule has 5 aromatic rings. The highest BCUT2D eigenvalue weighted by molar-refractivity contribution is 6.01. The summed E-state index contributed by atoms with van der Waals surface area (Å²) >= 11 is 0. The van der Waals surface area contributed by atoms with Gasteiger partial charge in [0.2, 0.25) is 11.8 Å². The zero-order chi connectivity index (χ0) is 30.1. The first kappa shape index (κ1) is 28.0. The Hall–Kier alpha value is -5.09. The van der Waals surface area contributed by atoms with E-state index in [1.807, 2.05) is 24.3 Å². The second-order valence-corrected chi connectivity index (χ2v) is 10.8. The topological polar surface area (TPSA) is 122 Å². The number of carbonyl (C=O) groups excluding carboxylic acids is 2. The average molecular weight is 583 g/mol. The van der Waals surface area contributed by atoms with Gasteiger partial charge < -0.3 is 20.6 Å². The number of aromatic nitrogens is 2. The molecule has 10 heteroatoms. The number of ether oxygens (including phenoxy) is 1. The van der Waals surface area contributed by atoms with Gasteiger partial charge in [0.1, 0.15) is 17.2 Å². The number of aliphatic hydroxyl groups is 1. The summed E-state index contributed by atoms with van der Waals surface area (Å²) in [5, 5.41) is 10.2. The summed E-state index contributed by atoms with van der Waals surface area (Å²) < 4.78 is 35.5. The van der Waals surface area contributed by atoms with Gasteiger partial charge in [-0.05, 0) is 77.9 Å². The van der Waals surface area contributed by atoms with Crippen molar-refractivity contribution in [2.45, 2.75) is 32.3 Å². The minimum Gasteiger partial charge on any atom is -0.453 e. The summed E-state index contributed by atoms with van der Waals surface area (Å²) in [6.07, 6.45) is 4.82. The molecule has 2 aromatic heterocycles. The number of rotatable bonds is 10. The lowest BCUT2D eigenvalue weighted by atomic mass is 9.96. The molecule has 1 saturated carbocycles. The summed E-state index contributed by atoms with van der Waals surface area (Å²) in [4.78, 5) is 34.0. The summed E-state index contributed by atoms with van der Waals surface area (Å²) in [6, 6.07) is 18.5. The van der Waals surface area contributed by atoms with Gasteiger partial charge in [-0.25, -0.2) is 13.8 Å². The van der Waals surface area contributed by atoms with Gasteiger partial charge in [-0.3, -0.25) is 14.5 Å². The van der Waals surface area contributed by atoms with Crippen molar-refractivity contribution in [3.05, 3.63) is 102 Å². The highest BCUT2D eigenvalue weighted by Gasteiger charge is 2.46. The fraction of sp³-hybridized carbons (Fsp3) is 0.182. The molecule has 0 radical (unpaired) electrons. The molecule has 4 N–H and O–H groups in total. The van der Waals surface area contributed by atoms with E-state index in [1.165, 1.54) is 41.3 Å². The molecule has 43 heavy (non-hydrogen) atoms. The molecular formula is C33H28F2N4O4. The van der Waals surface area contributed by atoms with Crippen molar-refractivity contribution in [2.24, 2.45) is 11.1 Å². The standard InChI is InChI=1S/C33H28F2N4O4/c34-22-4-6-23(7-5-22)39(30(42)17-33(11-12-33)16-29(36)41)24-8-9-27(26(35)15-24)43-28-10-13-37-32-31(28)25(18-38-32)21-3-1-2-20(14-21)19-40/h1-10,13-15,18,40H,11-12,16-17,19H2,(H2,36,41)(H,37,38). The number of carbonyl (C=O) groups is 2. The molecule has 0 saturated heterocycles. The lowest BCUT2D eigenvalue weighted by Gasteiger charge is -2.25. The summed E-state index contributed by atoms with van der Waals surface area (Å²) in [5.74, 6) is -1.77. The van der Waals surface area contributed by atoms with Gasteiger partial charge in [0.15, 0.2) is 11.6 Å². The van der Waals surface area contributed by atoms with Crippen LogP contribution in [0, 0.1) is 17.0 Å². The number of amides is 2. The first-order valence-electron chi connectivity index (χ1n) is 13.8. The Bertz CT molecular complexity index is 1830. The van der Waals surface area contributed by atoms with E-state index in [2.05, 4.69) is 9.97 Å². The molecule has 6 rings (SSSR count). The minimum atomic E-state index is -0.722. The first-order valence-corrected chi connectivity index (χ1v) is 13.8. The molecule has 1 fully saturated rings.